The fourth-order valence-electron chi connectivity index (χ4n) is 2.24. The average molecular weight is 314 g/mol. The SMILES string of the molecule is CCNC(Cc1cc(F)ccc1F)c1cc(Cl)ccc1F. The Morgan fingerprint density at radius 2 is 1.76 bits per heavy atom. The molecule has 2 aromatic carbocycles. The van der Waals surface area contributed by atoms with Gasteiger partial charge in [0.15, 0.2) is 0 Å². The molecule has 0 radical (unpaired) electrons. The van der Waals surface area contributed by atoms with Gasteiger partial charge in [-0.1, -0.05) is 18.5 Å². The molecule has 0 fully saturated rings. The van der Waals surface area contributed by atoms with E-state index in [2.05, 4.69) is 5.32 Å². The molecular formula is C16H15ClF3N. The summed E-state index contributed by atoms with van der Waals surface area (Å²) in [5.74, 6) is -1.46. The van der Waals surface area contributed by atoms with Gasteiger partial charge in [0, 0.05) is 16.6 Å². The lowest BCUT2D eigenvalue weighted by molar-refractivity contribution is 0.495. The molecule has 5 heteroatoms. The van der Waals surface area contributed by atoms with Gasteiger partial charge in [-0.05, 0) is 54.9 Å². The fraction of sp³-hybridized carbons (Fsp3) is 0.250. The van der Waals surface area contributed by atoms with Crippen molar-refractivity contribution in [2.24, 2.45) is 0 Å². The number of likely N-dealkylation sites (N-methyl/N-ethyl adjacent to an activating group) is 1. The largest absolute Gasteiger partial charge is 0.310 e. The lowest BCUT2D eigenvalue weighted by Crippen LogP contribution is -2.24. The predicted molar refractivity (Wildman–Crippen MR) is 77.9 cm³/mol. The van der Waals surface area contributed by atoms with Gasteiger partial charge in [0.2, 0.25) is 0 Å². The third-order valence-corrected chi connectivity index (χ3v) is 3.45. The van der Waals surface area contributed by atoms with Gasteiger partial charge in [-0.2, -0.15) is 0 Å². The van der Waals surface area contributed by atoms with Crippen molar-refractivity contribution in [3.63, 3.8) is 0 Å². The quantitative estimate of drug-likeness (QED) is 0.847. The Bertz CT molecular complexity index is 631. The lowest BCUT2D eigenvalue weighted by Gasteiger charge is -2.20. The normalized spacial score (nSPS) is 12.4. The van der Waals surface area contributed by atoms with Crippen LogP contribution in [0.15, 0.2) is 36.4 Å². The van der Waals surface area contributed by atoms with Crippen LogP contribution in [0.1, 0.15) is 24.1 Å². The molecule has 1 atom stereocenters. The second-order valence-corrected chi connectivity index (χ2v) is 5.15. The van der Waals surface area contributed by atoms with Crippen molar-refractivity contribution in [2.75, 3.05) is 6.54 Å². The first kappa shape index (κ1) is 15.9. The lowest BCUT2D eigenvalue weighted by atomic mass is 9.98. The molecule has 0 aromatic heterocycles. The van der Waals surface area contributed by atoms with Crippen LogP contribution >= 0.6 is 11.6 Å². The maximum atomic E-state index is 14.0. The zero-order valence-corrected chi connectivity index (χ0v) is 12.2. The first-order valence-electron chi connectivity index (χ1n) is 6.63. The number of benzene rings is 2. The Hall–Kier alpha value is -1.52. The van der Waals surface area contributed by atoms with Crippen LogP contribution in [0.5, 0.6) is 0 Å². The molecule has 0 amide bonds. The summed E-state index contributed by atoms with van der Waals surface area (Å²) in [6.45, 7) is 2.42. The number of hydrogen-bond acceptors (Lipinski definition) is 1. The summed E-state index contributed by atoms with van der Waals surface area (Å²) >= 11 is 5.89. The van der Waals surface area contributed by atoms with Gasteiger partial charge in [-0.25, -0.2) is 13.2 Å². The van der Waals surface area contributed by atoms with Gasteiger partial charge in [0.1, 0.15) is 17.5 Å². The van der Waals surface area contributed by atoms with Crippen LogP contribution < -0.4 is 5.32 Å². The van der Waals surface area contributed by atoms with Gasteiger partial charge in [0.25, 0.3) is 0 Å². The van der Waals surface area contributed by atoms with Crippen molar-refractivity contribution in [2.45, 2.75) is 19.4 Å². The third kappa shape index (κ3) is 3.99. The maximum absolute atomic E-state index is 14.0. The zero-order valence-electron chi connectivity index (χ0n) is 11.5. The van der Waals surface area contributed by atoms with E-state index < -0.39 is 23.5 Å². The fourth-order valence-corrected chi connectivity index (χ4v) is 2.42. The molecule has 1 unspecified atom stereocenters. The van der Waals surface area contributed by atoms with Gasteiger partial charge in [-0.15, -0.1) is 0 Å². The molecule has 0 aliphatic rings. The number of hydrogen-bond donors (Lipinski definition) is 1. The summed E-state index contributed by atoms with van der Waals surface area (Å²) in [7, 11) is 0. The first-order chi connectivity index (χ1) is 10.0. The van der Waals surface area contributed by atoms with Gasteiger partial charge in [-0.3, -0.25) is 0 Å². The summed E-state index contributed by atoms with van der Waals surface area (Å²) < 4.78 is 41.0. The van der Waals surface area contributed by atoms with Crippen LogP contribution in [-0.2, 0) is 6.42 Å². The molecule has 0 aliphatic heterocycles. The Labute approximate surface area is 126 Å². The molecule has 0 bridgehead atoms. The van der Waals surface area contributed by atoms with Crippen LogP contribution in [0.2, 0.25) is 5.02 Å². The summed E-state index contributed by atoms with van der Waals surface area (Å²) in [6, 6.07) is 6.99. The summed E-state index contributed by atoms with van der Waals surface area (Å²) in [6.07, 6.45) is 0.134. The molecule has 0 saturated heterocycles. The average Bonchev–Trinajstić information content (AvgIpc) is 2.45. The minimum atomic E-state index is -0.520. The highest BCUT2D eigenvalue weighted by Gasteiger charge is 2.18. The van der Waals surface area contributed by atoms with Crippen LogP contribution in [-0.4, -0.2) is 6.54 Å². The molecule has 0 heterocycles. The molecule has 112 valence electrons. The standard InChI is InChI=1S/C16H15ClF3N/c1-2-21-16(13-9-11(17)3-5-15(13)20)8-10-7-12(18)4-6-14(10)19/h3-7,9,16,21H,2,8H2,1H3. The van der Waals surface area contributed by atoms with E-state index in [-0.39, 0.29) is 12.0 Å². The van der Waals surface area contributed by atoms with E-state index in [9.17, 15) is 13.2 Å². The van der Waals surface area contributed by atoms with Crippen molar-refractivity contribution < 1.29 is 13.2 Å². The molecule has 0 spiro atoms. The molecule has 0 saturated carbocycles. The van der Waals surface area contributed by atoms with Crippen LogP contribution in [0.25, 0.3) is 0 Å². The molecular weight excluding hydrogens is 299 g/mol. The smallest absolute Gasteiger partial charge is 0.128 e. The maximum Gasteiger partial charge on any atom is 0.128 e. The minimum Gasteiger partial charge on any atom is -0.310 e. The first-order valence-corrected chi connectivity index (χ1v) is 7.01. The minimum absolute atomic E-state index is 0.134. The highest BCUT2D eigenvalue weighted by molar-refractivity contribution is 6.30. The molecule has 2 aromatic rings. The van der Waals surface area contributed by atoms with E-state index in [1.54, 1.807) is 0 Å². The van der Waals surface area contributed by atoms with E-state index in [0.717, 1.165) is 18.2 Å². The monoisotopic (exact) mass is 313 g/mol. The topological polar surface area (TPSA) is 12.0 Å². The van der Waals surface area contributed by atoms with Crippen molar-refractivity contribution in [1.82, 2.24) is 5.32 Å². The van der Waals surface area contributed by atoms with Crippen molar-refractivity contribution >= 4 is 11.6 Å². The number of rotatable bonds is 5. The Balaban J connectivity index is 2.35. The van der Waals surface area contributed by atoms with E-state index in [1.165, 1.54) is 18.2 Å². The predicted octanol–water partition coefficient (Wildman–Crippen LogP) is 4.65. The second kappa shape index (κ2) is 6.96. The highest BCUT2D eigenvalue weighted by atomic mass is 35.5. The Morgan fingerprint density at radius 1 is 1.05 bits per heavy atom. The van der Waals surface area contributed by atoms with E-state index in [1.807, 2.05) is 6.92 Å². The van der Waals surface area contributed by atoms with Crippen LogP contribution in [0, 0.1) is 17.5 Å². The molecule has 21 heavy (non-hydrogen) atoms. The van der Waals surface area contributed by atoms with Gasteiger partial charge in [0.05, 0.1) is 0 Å². The van der Waals surface area contributed by atoms with Crippen LogP contribution in [0.4, 0.5) is 13.2 Å². The van der Waals surface area contributed by atoms with Crippen molar-refractivity contribution in [1.29, 1.82) is 0 Å². The third-order valence-electron chi connectivity index (χ3n) is 3.22. The number of halogens is 4. The van der Waals surface area contributed by atoms with Gasteiger partial charge < -0.3 is 5.32 Å². The van der Waals surface area contributed by atoms with Gasteiger partial charge >= 0.3 is 0 Å². The van der Waals surface area contributed by atoms with Crippen molar-refractivity contribution in [3.8, 4) is 0 Å². The van der Waals surface area contributed by atoms with E-state index >= 15 is 0 Å². The number of nitrogens with one attached hydrogen (secondary N) is 1. The molecule has 1 nitrogen and oxygen atoms in total. The summed E-state index contributed by atoms with van der Waals surface area (Å²) in [5, 5.41) is 3.47. The molecule has 1 N–H and O–H groups in total. The van der Waals surface area contributed by atoms with Crippen molar-refractivity contribution in [3.05, 3.63) is 70.0 Å². The molecule has 2 rings (SSSR count). The zero-order chi connectivity index (χ0) is 15.4. The second-order valence-electron chi connectivity index (χ2n) is 4.72. The van der Waals surface area contributed by atoms with E-state index in [0.29, 0.717) is 17.1 Å². The molecule has 0 aliphatic carbocycles. The van der Waals surface area contributed by atoms with E-state index in [4.69, 9.17) is 11.6 Å². The summed E-state index contributed by atoms with van der Waals surface area (Å²) in [4.78, 5) is 0. The highest BCUT2D eigenvalue weighted by Crippen LogP contribution is 2.25. The van der Waals surface area contributed by atoms with Crippen LogP contribution in [0.3, 0.4) is 0 Å². The Kier molecular flexibility index (Phi) is 5.26. The summed E-state index contributed by atoms with van der Waals surface area (Å²) in [5.41, 5.74) is 0.535. The Morgan fingerprint density at radius 3 is 2.48 bits per heavy atom.